The highest BCUT2D eigenvalue weighted by Crippen LogP contribution is 2.36. The molecule has 1 aliphatic heterocycles. The molecule has 33 heavy (non-hydrogen) atoms. The van der Waals surface area contributed by atoms with Gasteiger partial charge in [-0.1, -0.05) is 54.6 Å². The summed E-state index contributed by atoms with van der Waals surface area (Å²) in [5.74, 6) is 1.30. The highest BCUT2D eigenvalue weighted by atomic mass is 32.2. The normalized spacial score (nSPS) is 15.9. The molecule has 0 bridgehead atoms. The van der Waals surface area contributed by atoms with Crippen molar-refractivity contribution < 1.29 is 14.3 Å². The molecular formula is C27H26N2O3S. The molecule has 0 atom stereocenters. The Labute approximate surface area is 198 Å². The van der Waals surface area contributed by atoms with Crippen molar-refractivity contribution in [3.63, 3.8) is 0 Å². The minimum atomic E-state index is -0.0645. The molecule has 1 amide bonds. The minimum absolute atomic E-state index is 0.0645. The van der Waals surface area contributed by atoms with Gasteiger partial charge >= 0.3 is 0 Å². The predicted molar refractivity (Wildman–Crippen MR) is 135 cm³/mol. The molecule has 6 heteroatoms. The third kappa shape index (κ3) is 5.65. The van der Waals surface area contributed by atoms with Gasteiger partial charge < -0.3 is 9.47 Å². The second kappa shape index (κ2) is 10.9. The Morgan fingerprint density at radius 2 is 1.55 bits per heavy atom. The van der Waals surface area contributed by atoms with E-state index in [1.165, 1.54) is 11.8 Å². The summed E-state index contributed by atoms with van der Waals surface area (Å²) in [6.45, 7) is 5.43. The Bertz CT molecular complexity index is 1160. The number of carbonyl (C=O) groups excluding carboxylic acids is 1. The van der Waals surface area contributed by atoms with Gasteiger partial charge in [0.25, 0.3) is 5.91 Å². The summed E-state index contributed by atoms with van der Waals surface area (Å²) in [7, 11) is 0. The molecule has 0 spiro atoms. The van der Waals surface area contributed by atoms with Gasteiger partial charge in [-0.3, -0.25) is 9.69 Å². The molecule has 1 fully saturated rings. The van der Waals surface area contributed by atoms with Crippen molar-refractivity contribution >= 4 is 34.6 Å². The number of thioether (sulfide) groups is 1. The number of hydrogen-bond acceptors (Lipinski definition) is 5. The lowest BCUT2D eigenvalue weighted by molar-refractivity contribution is -0.122. The van der Waals surface area contributed by atoms with Crippen LogP contribution in [0.5, 0.6) is 11.5 Å². The first-order valence-corrected chi connectivity index (χ1v) is 11.8. The topological polar surface area (TPSA) is 51.1 Å². The highest BCUT2D eigenvalue weighted by Gasteiger charge is 2.33. The SMILES string of the molecule is CCOc1ccc(/C=C2/SC(=Nc3ccccc3)N(Cc3ccccc3)C2=O)cc1OCC. The maximum absolute atomic E-state index is 13.4. The summed E-state index contributed by atoms with van der Waals surface area (Å²) in [5, 5.41) is 0.664. The van der Waals surface area contributed by atoms with Gasteiger partial charge in [-0.25, -0.2) is 4.99 Å². The molecule has 0 saturated carbocycles. The summed E-state index contributed by atoms with van der Waals surface area (Å²) in [4.78, 5) is 20.5. The van der Waals surface area contributed by atoms with Crippen LogP contribution in [0.1, 0.15) is 25.0 Å². The van der Waals surface area contributed by atoms with E-state index in [2.05, 4.69) is 0 Å². The van der Waals surface area contributed by atoms with E-state index in [1.807, 2.05) is 98.8 Å². The molecule has 3 aromatic carbocycles. The number of para-hydroxylation sites is 1. The van der Waals surface area contributed by atoms with Gasteiger partial charge in [0.15, 0.2) is 16.7 Å². The number of aliphatic imine (C=N–C) groups is 1. The van der Waals surface area contributed by atoms with E-state index in [9.17, 15) is 4.79 Å². The molecule has 0 unspecified atom stereocenters. The standard InChI is InChI=1S/C27H26N2O3S/c1-3-31-23-16-15-21(17-24(23)32-4-2)18-25-26(30)29(19-20-11-7-5-8-12-20)27(33-25)28-22-13-9-6-10-14-22/h5-18H,3-4,19H2,1-2H3/b25-18+,28-27?. The number of carbonyl (C=O) groups is 1. The van der Waals surface area contributed by atoms with Gasteiger partial charge in [-0.2, -0.15) is 0 Å². The van der Waals surface area contributed by atoms with Crippen molar-refractivity contribution in [2.24, 2.45) is 4.99 Å². The van der Waals surface area contributed by atoms with Gasteiger partial charge in [-0.05, 0) is 67.1 Å². The molecule has 1 aliphatic rings. The predicted octanol–water partition coefficient (Wildman–Crippen LogP) is 6.29. The fourth-order valence-corrected chi connectivity index (χ4v) is 4.42. The van der Waals surface area contributed by atoms with Crippen molar-refractivity contribution in [1.82, 2.24) is 4.90 Å². The molecule has 0 radical (unpaired) electrons. The van der Waals surface area contributed by atoms with Gasteiger partial charge in [0.1, 0.15) is 0 Å². The van der Waals surface area contributed by atoms with E-state index < -0.39 is 0 Å². The average Bonchev–Trinajstić information content (AvgIpc) is 3.11. The second-order valence-corrected chi connectivity index (χ2v) is 8.30. The molecule has 4 rings (SSSR count). The fraction of sp³-hybridized carbons (Fsp3) is 0.185. The van der Waals surface area contributed by atoms with Crippen LogP contribution < -0.4 is 9.47 Å². The molecule has 0 N–H and O–H groups in total. The molecule has 0 aromatic heterocycles. The zero-order chi connectivity index (χ0) is 23.0. The highest BCUT2D eigenvalue weighted by molar-refractivity contribution is 8.18. The van der Waals surface area contributed by atoms with E-state index in [0.29, 0.717) is 41.3 Å². The summed E-state index contributed by atoms with van der Waals surface area (Å²) in [6, 6.07) is 25.4. The first kappa shape index (κ1) is 22.7. The molecule has 3 aromatic rings. The first-order chi connectivity index (χ1) is 16.2. The summed E-state index contributed by atoms with van der Waals surface area (Å²) < 4.78 is 11.4. The van der Waals surface area contributed by atoms with Gasteiger partial charge in [-0.15, -0.1) is 0 Å². The Morgan fingerprint density at radius 1 is 0.879 bits per heavy atom. The maximum Gasteiger partial charge on any atom is 0.267 e. The van der Waals surface area contributed by atoms with E-state index in [-0.39, 0.29) is 5.91 Å². The van der Waals surface area contributed by atoms with Crippen LogP contribution in [-0.4, -0.2) is 29.2 Å². The number of rotatable bonds is 8. The zero-order valence-electron chi connectivity index (χ0n) is 18.7. The van der Waals surface area contributed by atoms with Gasteiger partial charge in [0.2, 0.25) is 0 Å². The van der Waals surface area contributed by atoms with Gasteiger partial charge in [0.05, 0.1) is 30.4 Å². The molecule has 0 aliphatic carbocycles. The van der Waals surface area contributed by atoms with Crippen LogP contribution in [0.4, 0.5) is 5.69 Å². The lowest BCUT2D eigenvalue weighted by Gasteiger charge is -2.15. The second-order valence-electron chi connectivity index (χ2n) is 7.29. The van der Waals surface area contributed by atoms with Crippen molar-refractivity contribution in [3.8, 4) is 11.5 Å². The molecule has 168 valence electrons. The van der Waals surface area contributed by atoms with Crippen LogP contribution in [0.3, 0.4) is 0 Å². The van der Waals surface area contributed by atoms with Crippen molar-refractivity contribution in [3.05, 3.63) is 94.9 Å². The molecular weight excluding hydrogens is 432 g/mol. The third-order valence-electron chi connectivity index (χ3n) is 4.92. The Kier molecular flexibility index (Phi) is 7.47. The van der Waals surface area contributed by atoms with Crippen LogP contribution >= 0.6 is 11.8 Å². The third-order valence-corrected chi connectivity index (χ3v) is 5.92. The minimum Gasteiger partial charge on any atom is -0.490 e. The lowest BCUT2D eigenvalue weighted by atomic mass is 10.1. The summed E-state index contributed by atoms with van der Waals surface area (Å²) in [6.07, 6.45) is 1.89. The number of ether oxygens (including phenoxy) is 2. The van der Waals surface area contributed by atoms with Crippen LogP contribution in [-0.2, 0) is 11.3 Å². The number of amides is 1. The lowest BCUT2D eigenvalue weighted by Crippen LogP contribution is -2.28. The molecule has 1 saturated heterocycles. The Morgan fingerprint density at radius 3 is 2.24 bits per heavy atom. The monoisotopic (exact) mass is 458 g/mol. The molecule has 5 nitrogen and oxygen atoms in total. The Balaban J connectivity index is 1.67. The van der Waals surface area contributed by atoms with E-state index >= 15 is 0 Å². The number of benzene rings is 3. The van der Waals surface area contributed by atoms with Gasteiger partial charge in [0, 0.05) is 0 Å². The summed E-state index contributed by atoms with van der Waals surface area (Å²) in [5.41, 5.74) is 2.73. The number of nitrogens with zero attached hydrogens (tertiary/aromatic N) is 2. The quantitative estimate of drug-likeness (QED) is 0.372. The smallest absolute Gasteiger partial charge is 0.267 e. The van der Waals surface area contributed by atoms with E-state index in [0.717, 1.165) is 16.8 Å². The van der Waals surface area contributed by atoms with Crippen molar-refractivity contribution in [2.75, 3.05) is 13.2 Å². The summed E-state index contributed by atoms with van der Waals surface area (Å²) >= 11 is 1.38. The average molecular weight is 459 g/mol. The van der Waals surface area contributed by atoms with Crippen molar-refractivity contribution in [1.29, 1.82) is 0 Å². The fourth-order valence-electron chi connectivity index (χ4n) is 3.42. The largest absolute Gasteiger partial charge is 0.490 e. The van der Waals surface area contributed by atoms with E-state index in [4.69, 9.17) is 14.5 Å². The van der Waals surface area contributed by atoms with E-state index in [1.54, 1.807) is 4.90 Å². The van der Waals surface area contributed by atoms with Crippen LogP contribution in [0.25, 0.3) is 6.08 Å². The number of hydrogen-bond donors (Lipinski definition) is 0. The van der Waals surface area contributed by atoms with Crippen LogP contribution in [0.2, 0.25) is 0 Å². The Hall–Kier alpha value is -3.51. The molecule has 1 heterocycles. The number of amidine groups is 1. The first-order valence-electron chi connectivity index (χ1n) is 11.0. The van der Waals surface area contributed by atoms with Crippen LogP contribution in [0, 0.1) is 0 Å². The van der Waals surface area contributed by atoms with Crippen molar-refractivity contribution in [2.45, 2.75) is 20.4 Å². The maximum atomic E-state index is 13.4. The zero-order valence-corrected chi connectivity index (χ0v) is 19.5. The van der Waals surface area contributed by atoms with Crippen LogP contribution in [0.15, 0.2) is 88.8 Å².